The summed E-state index contributed by atoms with van der Waals surface area (Å²) in [7, 11) is 0. The fourth-order valence-electron chi connectivity index (χ4n) is 1.65. The van der Waals surface area contributed by atoms with Crippen molar-refractivity contribution in [3.63, 3.8) is 0 Å². The number of rotatable bonds is 3. The van der Waals surface area contributed by atoms with Gasteiger partial charge in [0, 0.05) is 4.90 Å². The first-order valence-electron chi connectivity index (χ1n) is 5.46. The minimum absolute atomic E-state index is 0.302. The summed E-state index contributed by atoms with van der Waals surface area (Å²) in [4.78, 5) is 11.9. The van der Waals surface area contributed by atoms with Gasteiger partial charge in [0.25, 0.3) is 0 Å². The highest BCUT2D eigenvalue weighted by Crippen LogP contribution is 2.15. The van der Waals surface area contributed by atoms with Crippen molar-refractivity contribution in [3.05, 3.63) is 65.2 Å². The van der Waals surface area contributed by atoms with Gasteiger partial charge in [-0.25, -0.2) is 4.79 Å². The van der Waals surface area contributed by atoms with Crippen LogP contribution in [0.5, 0.6) is 0 Å². The molecule has 0 aliphatic carbocycles. The number of hydrogen-bond donors (Lipinski definition) is 2. The lowest BCUT2D eigenvalue weighted by atomic mass is 10.1. The number of carboxylic acids is 1. The van der Waals surface area contributed by atoms with E-state index in [1.165, 1.54) is 0 Å². The van der Waals surface area contributed by atoms with E-state index in [-0.39, 0.29) is 0 Å². The van der Waals surface area contributed by atoms with Crippen LogP contribution in [0.15, 0.2) is 53.4 Å². The van der Waals surface area contributed by atoms with Crippen LogP contribution in [-0.2, 0) is 0 Å². The lowest BCUT2D eigenvalue weighted by molar-refractivity contribution is 0.0696. The molecule has 2 aromatic rings. The van der Waals surface area contributed by atoms with Crippen LogP contribution in [0.25, 0.3) is 12.2 Å². The third-order valence-corrected chi connectivity index (χ3v) is 2.79. The van der Waals surface area contributed by atoms with E-state index in [4.69, 9.17) is 5.11 Å². The van der Waals surface area contributed by atoms with Crippen LogP contribution >= 0.6 is 12.6 Å². The molecule has 0 aliphatic rings. The Morgan fingerprint density at radius 1 is 1.06 bits per heavy atom. The molecule has 0 spiro atoms. The lowest BCUT2D eigenvalue weighted by Gasteiger charge is -2.00. The van der Waals surface area contributed by atoms with Crippen LogP contribution in [0.2, 0.25) is 0 Å². The maximum absolute atomic E-state index is 11.0. The molecular formula is C15H12O2S. The molecule has 0 atom stereocenters. The second kappa shape index (κ2) is 5.56. The summed E-state index contributed by atoms with van der Waals surface area (Å²) < 4.78 is 0. The molecular weight excluding hydrogens is 244 g/mol. The average molecular weight is 256 g/mol. The molecule has 90 valence electrons. The number of benzene rings is 2. The maximum atomic E-state index is 11.0. The first kappa shape index (κ1) is 12.5. The molecule has 0 heterocycles. The third-order valence-electron chi connectivity index (χ3n) is 2.52. The molecule has 18 heavy (non-hydrogen) atoms. The highest BCUT2D eigenvalue weighted by Gasteiger charge is 2.05. The topological polar surface area (TPSA) is 37.3 Å². The standard InChI is InChI=1S/C15H12O2S/c16-15(17)14-7-2-1-5-12(14)9-8-11-4-3-6-13(18)10-11/h1-10,18H,(H,16,17). The smallest absolute Gasteiger partial charge is 0.336 e. The van der Waals surface area contributed by atoms with Gasteiger partial charge in [-0.05, 0) is 29.3 Å². The van der Waals surface area contributed by atoms with E-state index in [0.717, 1.165) is 10.5 Å². The Morgan fingerprint density at radius 2 is 1.83 bits per heavy atom. The van der Waals surface area contributed by atoms with Crippen molar-refractivity contribution >= 4 is 30.8 Å². The number of hydrogen-bond acceptors (Lipinski definition) is 2. The van der Waals surface area contributed by atoms with E-state index in [9.17, 15) is 4.79 Å². The van der Waals surface area contributed by atoms with E-state index in [1.54, 1.807) is 24.3 Å². The molecule has 0 saturated carbocycles. The van der Waals surface area contributed by atoms with Crippen LogP contribution in [0.1, 0.15) is 21.5 Å². The predicted octanol–water partition coefficient (Wildman–Crippen LogP) is 3.84. The zero-order valence-electron chi connectivity index (χ0n) is 9.58. The van der Waals surface area contributed by atoms with Gasteiger partial charge in [0.15, 0.2) is 0 Å². The minimum atomic E-state index is -0.918. The lowest BCUT2D eigenvalue weighted by Crippen LogP contribution is -1.98. The summed E-state index contributed by atoms with van der Waals surface area (Å²) in [5.41, 5.74) is 1.98. The Hall–Kier alpha value is -2.00. The highest BCUT2D eigenvalue weighted by molar-refractivity contribution is 7.80. The minimum Gasteiger partial charge on any atom is -0.478 e. The van der Waals surface area contributed by atoms with Crippen molar-refractivity contribution in [2.45, 2.75) is 4.90 Å². The summed E-state index contributed by atoms with van der Waals surface area (Å²) in [5.74, 6) is -0.918. The molecule has 2 nitrogen and oxygen atoms in total. The number of thiol groups is 1. The summed E-state index contributed by atoms with van der Waals surface area (Å²) in [5, 5.41) is 9.06. The number of carboxylic acid groups (broad SMARTS) is 1. The molecule has 2 rings (SSSR count). The molecule has 1 N–H and O–H groups in total. The fourth-order valence-corrected chi connectivity index (χ4v) is 1.89. The van der Waals surface area contributed by atoms with Crippen LogP contribution in [0, 0.1) is 0 Å². The molecule has 3 heteroatoms. The van der Waals surface area contributed by atoms with Crippen molar-refractivity contribution in [1.29, 1.82) is 0 Å². The average Bonchev–Trinajstić information content (AvgIpc) is 2.37. The largest absolute Gasteiger partial charge is 0.478 e. The summed E-state index contributed by atoms with van der Waals surface area (Å²) in [6, 6.07) is 14.6. The Morgan fingerprint density at radius 3 is 2.56 bits per heavy atom. The Labute approximate surface area is 111 Å². The quantitative estimate of drug-likeness (QED) is 0.646. The monoisotopic (exact) mass is 256 g/mol. The summed E-state index contributed by atoms with van der Waals surface area (Å²) >= 11 is 4.26. The third kappa shape index (κ3) is 3.02. The van der Waals surface area contributed by atoms with Crippen molar-refractivity contribution < 1.29 is 9.90 Å². The van der Waals surface area contributed by atoms with Gasteiger partial charge < -0.3 is 5.11 Å². The molecule has 0 saturated heterocycles. The first-order valence-corrected chi connectivity index (χ1v) is 5.91. The zero-order chi connectivity index (χ0) is 13.0. The van der Waals surface area contributed by atoms with Crippen LogP contribution in [-0.4, -0.2) is 11.1 Å². The van der Waals surface area contributed by atoms with Crippen LogP contribution in [0.4, 0.5) is 0 Å². The van der Waals surface area contributed by atoms with Crippen molar-refractivity contribution in [3.8, 4) is 0 Å². The number of carbonyl (C=O) groups is 1. The SMILES string of the molecule is O=C(O)c1ccccc1C=Cc1cccc(S)c1. The van der Waals surface area contributed by atoms with E-state index in [1.807, 2.05) is 36.4 Å². The van der Waals surface area contributed by atoms with E-state index < -0.39 is 5.97 Å². The van der Waals surface area contributed by atoms with Gasteiger partial charge in [-0.3, -0.25) is 0 Å². The molecule has 0 amide bonds. The Kier molecular flexibility index (Phi) is 3.85. The molecule has 0 aromatic heterocycles. The Bertz CT molecular complexity index is 603. The molecule has 0 unspecified atom stereocenters. The molecule has 0 radical (unpaired) electrons. The van der Waals surface area contributed by atoms with E-state index >= 15 is 0 Å². The van der Waals surface area contributed by atoms with Gasteiger partial charge in [0.2, 0.25) is 0 Å². The van der Waals surface area contributed by atoms with Gasteiger partial charge in [-0.2, -0.15) is 0 Å². The van der Waals surface area contributed by atoms with Crippen molar-refractivity contribution in [1.82, 2.24) is 0 Å². The molecule has 0 bridgehead atoms. The van der Waals surface area contributed by atoms with Crippen LogP contribution < -0.4 is 0 Å². The predicted molar refractivity (Wildman–Crippen MR) is 76.0 cm³/mol. The second-order valence-corrected chi connectivity index (χ2v) is 4.34. The van der Waals surface area contributed by atoms with Crippen molar-refractivity contribution in [2.75, 3.05) is 0 Å². The van der Waals surface area contributed by atoms with Gasteiger partial charge in [0.05, 0.1) is 5.56 Å². The normalized spacial score (nSPS) is 10.7. The molecule has 0 aliphatic heterocycles. The maximum Gasteiger partial charge on any atom is 0.336 e. The Balaban J connectivity index is 2.32. The molecule has 2 aromatic carbocycles. The first-order chi connectivity index (χ1) is 8.66. The summed E-state index contributed by atoms with van der Waals surface area (Å²) in [6.45, 7) is 0. The molecule has 0 fully saturated rings. The second-order valence-electron chi connectivity index (χ2n) is 3.82. The number of aromatic carboxylic acids is 1. The van der Waals surface area contributed by atoms with E-state index in [2.05, 4.69) is 12.6 Å². The van der Waals surface area contributed by atoms with Gasteiger partial charge in [0.1, 0.15) is 0 Å². The van der Waals surface area contributed by atoms with Crippen molar-refractivity contribution in [2.24, 2.45) is 0 Å². The van der Waals surface area contributed by atoms with Crippen LogP contribution in [0.3, 0.4) is 0 Å². The zero-order valence-corrected chi connectivity index (χ0v) is 10.5. The van der Waals surface area contributed by atoms with E-state index in [0.29, 0.717) is 11.1 Å². The fraction of sp³-hybridized carbons (Fsp3) is 0. The highest BCUT2D eigenvalue weighted by atomic mass is 32.1. The summed E-state index contributed by atoms with van der Waals surface area (Å²) in [6.07, 6.45) is 3.67. The van der Waals surface area contributed by atoms with Gasteiger partial charge >= 0.3 is 5.97 Å². The van der Waals surface area contributed by atoms with Gasteiger partial charge in [-0.1, -0.05) is 42.5 Å². The van der Waals surface area contributed by atoms with Gasteiger partial charge in [-0.15, -0.1) is 12.6 Å².